The third kappa shape index (κ3) is 3.55. The average Bonchev–Trinajstić information content (AvgIpc) is 3.24. The summed E-state index contributed by atoms with van der Waals surface area (Å²) < 4.78 is 5.14. The smallest absolute Gasteiger partial charge is 0.340 e. The van der Waals surface area contributed by atoms with Crippen molar-refractivity contribution < 1.29 is 14.3 Å². The number of ether oxygens (including phenoxy) is 1. The second-order valence-corrected chi connectivity index (χ2v) is 6.98. The lowest BCUT2D eigenvalue weighted by molar-refractivity contribution is -0.135. The summed E-state index contributed by atoms with van der Waals surface area (Å²) in [6, 6.07) is 8.65. The number of hydrogen-bond donors (Lipinski definition) is 1. The van der Waals surface area contributed by atoms with Crippen LogP contribution in [0.5, 0.6) is 0 Å². The first-order valence-electron chi connectivity index (χ1n) is 7.61. The first kappa shape index (κ1) is 16.8. The van der Waals surface area contributed by atoms with Gasteiger partial charge in [0, 0.05) is 22.1 Å². The van der Waals surface area contributed by atoms with Crippen LogP contribution >= 0.6 is 22.9 Å². The quantitative estimate of drug-likeness (QED) is 0.665. The Kier molecular flexibility index (Phi) is 5.06. The second-order valence-electron chi connectivity index (χ2n) is 5.57. The highest BCUT2D eigenvalue weighted by atomic mass is 35.5. The minimum absolute atomic E-state index is 0.0763. The molecule has 0 saturated carbocycles. The number of nitrogens with zero attached hydrogens (tertiary/aromatic N) is 1. The Bertz CT molecular complexity index is 748. The topological polar surface area (TPSA) is 72.6 Å². The lowest BCUT2D eigenvalue weighted by Crippen LogP contribution is -2.34. The molecule has 0 aliphatic carbocycles. The van der Waals surface area contributed by atoms with Crippen LogP contribution in [0.25, 0.3) is 0 Å². The van der Waals surface area contributed by atoms with Crippen LogP contribution in [-0.4, -0.2) is 29.9 Å². The highest BCUT2D eigenvalue weighted by molar-refractivity contribution is 7.10. The number of nitrogens with two attached hydrogens (primary N) is 1. The van der Waals surface area contributed by atoms with Gasteiger partial charge in [-0.2, -0.15) is 0 Å². The monoisotopic (exact) mass is 364 g/mol. The molecule has 5 nitrogen and oxygen atoms in total. The number of esters is 1. The predicted molar refractivity (Wildman–Crippen MR) is 94.2 cm³/mol. The number of thiophene rings is 1. The van der Waals surface area contributed by atoms with Crippen molar-refractivity contribution in [3.05, 3.63) is 51.2 Å². The number of amides is 1. The molecule has 0 unspecified atom stereocenters. The molecule has 2 aromatic rings. The summed E-state index contributed by atoms with van der Waals surface area (Å²) in [6.45, 7) is 0.380. The zero-order chi connectivity index (χ0) is 17.1. The largest absolute Gasteiger partial charge is 0.452 e. The van der Waals surface area contributed by atoms with Crippen molar-refractivity contribution in [2.45, 2.75) is 18.9 Å². The van der Waals surface area contributed by atoms with Gasteiger partial charge in [0.25, 0.3) is 5.91 Å². The lowest BCUT2D eigenvalue weighted by atomic mass is 10.2. The van der Waals surface area contributed by atoms with Crippen molar-refractivity contribution in [3.8, 4) is 0 Å². The predicted octanol–water partition coefficient (Wildman–Crippen LogP) is 3.50. The SMILES string of the molecule is Nc1ccc(Cl)cc1C(=O)OCC(=O)N1CCC[C@@H]1c1cccs1. The van der Waals surface area contributed by atoms with Gasteiger partial charge in [-0.15, -0.1) is 11.3 Å². The van der Waals surface area contributed by atoms with E-state index >= 15 is 0 Å². The zero-order valence-corrected chi connectivity index (χ0v) is 14.5. The Hall–Kier alpha value is -2.05. The minimum Gasteiger partial charge on any atom is -0.452 e. The maximum Gasteiger partial charge on any atom is 0.340 e. The van der Waals surface area contributed by atoms with Crippen molar-refractivity contribution in [3.63, 3.8) is 0 Å². The molecule has 7 heteroatoms. The second kappa shape index (κ2) is 7.23. The standard InChI is InChI=1S/C17H17ClN2O3S/c18-11-5-6-13(19)12(9-11)17(22)23-10-16(21)20-7-1-3-14(20)15-4-2-8-24-15/h2,4-6,8-9,14H,1,3,7,10,19H2/t14-/m1/s1. The summed E-state index contributed by atoms with van der Waals surface area (Å²) in [5.41, 5.74) is 6.20. The van der Waals surface area contributed by atoms with Gasteiger partial charge in [0.05, 0.1) is 11.6 Å². The molecule has 24 heavy (non-hydrogen) atoms. The molecule has 1 aliphatic heterocycles. The van der Waals surface area contributed by atoms with Crippen LogP contribution in [0.1, 0.15) is 34.1 Å². The van der Waals surface area contributed by atoms with Crippen molar-refractivity contribution in [1.29, 1.82) is 0 Å². The minimum atomic E-state index is -0.643. The summed E-state index contributed by atoms with van der Waals surface area (Å²) in [6.07, 6.45) is 1.88. The highest BCUT2D eigenvalue weighted by Crippen LogP contribution is 2.34. The molecule has 0 bridgehead atoms. The van der Waals surface area contributed by atoms with Crippen LogP contribution in [0, 0.1) is 0 Å². The number of nitrogen functional groups attached to an aromatic ring is 1. The number of hydrogen-bond acceptors (Lipinski definition) is 5. The van der Waals surface area contributed by atoms with Crippen LogP contribution in [0.3, 0.4) is 0 Å². The molecule has 1 saturated heterocycles. The summed E-state index contributed by atoms with van der Waals surface area (Å²) in [7, 11) is 0. The van der Waals surface area contributed by atoms with E-state index in [9.17, 15) is 9.59 Å². The molecule has 1 aliphatic rings. The van der Waals surface area contributed by atoms with Gasteiger partial charge in [-0.25, -0.2) is 4.79 Å². The number of anilines is 1. The lowest BCUT2D eigenvalue weighted by Gasteiger charge is -2.23. The van der Waals surface area contributed by atoms with Gasteiger partial charge < -0.3 is 15.4 Å². The van der Waals surface area contributed by atoms with Gasteiger partial charge in [-0.3, -0.25) is 4.79 Å². The van der Waals surface area contributed by atoms with Crippen molar-refractivity contribution in [2.75, 3.05) is 18.9 Å². The Morgan fingerprint density at radius 1 is 1.38 bits per heavy atom. The third-order valence-electron chi connectivity index (χ3n) is 4.01. The molecule has 1 amide bonds. The van der Waals surface area contributed by atoms with Crippen molar-refractivity contribution in [2.24, 2.45) is 0 Å². The van der Waals surface area contributed by atoms with Crippen molar-refractivity contribution in [1.82, 2.24) is 4.90 Å². The van der Waals surface area contributed by atoms with E-state index < -0.39 is 5.97 Å². The maximum absolute atomic E-state index is 12.4. The Morgan fingerprint density at radius 3 is 2.96 bits per heavy atom. The molecule has 1 aromatic carbocycles. The summed E-state index contributed by atoms with van der Waals surface area (Å²) in [5, 5.41) is 2.39. The Balaban J connectivity index is 1.63. The fraction of sp³-hybridized carbons (Fsp3) is 0.294. The molecule has 1 atom stereocenters. The highest BCUT2D eigenvalue weighted by Gasteiger charge is 2.31. The molecule has 2 heterocycles. The summed E-state index contributed by atoms with van der Waals surface area (Å²) >= 11 is 7.50. The maximum atomic E-state index is 12.4. The Labute approximate surface area is 149 Å². The normalized spacial score (nSPS) is 17.0. The van der Waals surface area contributed by atoms with E-state index in [0.29, 0.717) is 11.6 Å². The molecular formula is C17H17ClN2O3S. The summed E-state index contributed by atoms with van der Waals surface area (Å²) in [4.78, 5) is 27.5. The Morgan fingerprint density at radius 2 is 2.21 bits per heavy atom. The van der Waals surface area contributed by atoms with Crippen molar-refractivity contribution >= 4 is 40.5 Å². The van der Waals surface area contributed by atoms with Crippen LogP contribution in [0.4, 0.5) is 5.69 Å². The van der Waals surface area contributed by atoms with E-state index in [1.807, 2.05) is 17.5 Å². The summed E-state index contributed by atoms with van der Waals surface area (Å²) in [5.74, 6) is -0.838. The molecule has 126 valence electrons. The first-order valence-corrected chi connectivity index (χ1v) is 8.87. The van der Waals surface area contributed by atoms with E-state index in [0.717, 1.165) is 17.7 Å². The van der Waals surface area contributed by atoms with E-state index in [-0.39, 0.29) is 29.8 Å². The van der Waals surface area contributed by atoms with Gasteiger partial charge >= 0.3 is 5.97 Å². The van der Waals surface area contributed by atoms with Crippen LogP contribution < -0.4 is 5.73 Å². The van der Waals surface area contributed by atoms with Gasteiger partial charge in [0.1, 0.15) is 0 Å². The molecule has 3 rings (SSSR count). The number of carbonyl (C=O) groups is 2. The fourth-order valence-electron chi connectivity index (χ4n) is 2.84. The van der Waals surface area contributed by atoms with Crippen LogP contribution in [0.15, 0.2) is 35.7 Å². The van der Waals surface area contributed by atoms with Gasteiger partial charge in [0.15, 0.2) is 6.61 Å². The van der Waals surface area contributed by atoms with E-state index in [2.05, 4.69) is 0 Å². The van der Waals surface area contributed by atoms with Crippen LogP contribution in [0.2, 0.25) is 5.02 Å². The molecular weight excluding hydrogens is 348 g/mol. The number of rotatable bonds is 4. The number of carbonyl (C=O) groups excluding carboxylic acids is 2. The number of halogens is 1. The molecule has 0 radical (unpaired) electrons. The van der Waals surface area contributed by atoms with E-state index in [1.165, 1.54) is 12.1 Å². The van der Waals surface area contributed by atoms with E-state index in [1.54, 1.807) is 22.3 Å². The molecule has 1 aromatic heterocycles. The van der Waals surface area contributed by atoms with Gasteiger partial charge in [-0.1, -0.05) is 17.7 Å². The van der Waals surface area contributed by atoms with Gasteiger partial charge in [-0.05, 0) is 42.5 Å². The molecule has 1 fully saturated rings. The first-order chi connectivity index (χ1) is 11.6. The molecule has 0 spiro atoms. The van der Waals surface area contributed by atoms with Gasteiger partial charge in [0.2, 0.25) is 0 Å². The number of benzene rings is 1. The van der Waals surface area contributed by atoms with Crippen LogP contribution in [-0.2, 0) is 9.53 Å². The third-order valence-corrected chi connectivity index (χ3v) is 5.22. The average molecular weight is 365 g/mol. The molecule has 2 N–H and O–H groups in total. The fourth-order valence-corrected chi connectivity index (χ4v) is 3.88. The van der Waals surface area contributed by atoms with E-state index in [4.69, 9.17) is 22.1 Å². The zero-order valence-electron chi connectivity index (χ0n) is 12.9. The number of likely N-dealkylation sites (tertiary alicyclic amines) is 1.